The molecule has 0 spiro atoms. The first-order valence-electron chi connectivity index (χ1n) is 10.6. The van der Waals surface area contributed by atoms with Gasteiger partial charge >= 0.3 is 12.1 Å². The molecule has 170 valence electrons. The molecular formula is C24H28N2O6. The molecule has 1 unspecified atom stereocenters. The molecule has 2 amide bonds. The third-order valence-electron chi connectivity index (χ3n) is 5.56. The van der Waals surface area contributed by atoms with Gasteiger partial charge in [0, 0.05) is 31.4 Å². The molecule has 32 heavy (non-hydrogen) atoms. The molecule has 4 N–H and O–H groups in total. The lowest BCUT2D eigenvalue weighted by Gasteiger charge is -2.18. The van der Waals surface area contributed by atoms with Gasteiger partial charge in [-0.05, 0) is 35.6 Å². The van der Waals surface area contributed by atoms with Gasteiger partial charge in [-0.2, -0.15) is 0 Å². The third kappa shape index (κ3) is 5.64. The predicted molar refractivity (Wildman–Crippen MR) is 118 cm³/mol. The highest BCUT2D eigenvalue weighted by atomic mass is 16.5. The summed E-state index contributed by atoms with van der Waals surface area (Å²) in [6.45, 7) is 1.61. The van der Waals surface area contributed by atoms with Crippen molar-refractivity contribution in [2.45, 2.75) is 44.2 Å². The summed E-state index contributed by atoms with van der Waals surface area (Å²) >= 11 is 0. The van der Waals surface area contributed by atoms with Gasteiger partial charge in [0.1, 0.15) is 12.6 Å². The van der Waals surface area contributed by atoms with Crippen LogP contribution in [0, 0.1) is 0 Å². The van der Waals surface area contributed by atoms with Gasteiger partial charge in [0.2, 0.25) is 5.91 Å². The highest BCUT2D eigenvalue weighted by molar-refractivity contribution is 5.83. The van der Waals surface area contributed by atoms with Crippen LogP contribution in [0.25, 0.3) is 11.1 Å². The molecular weight excluding hydrogens is 412 g/mol. The summed E-state index contributed by atoms with van der Waals surface area (Å²) in [5.74, 6) is -1.68. The molecule has 0 heterocycles. The minimum Gasteiger partial charge on any atom is -0.480 e. The van der Waals surface area contributed by atoms with Crippen LogP contribution in [0.5, 0.6) is 0 Å². The topological polar surface area (TPSA) is 125 Å². The number of amides is 2. The van der Waals surface area contributed by atoms with Gasteiger partial charge in [0.25, 0.3) is 0 Å². The second-order valence-corrected chi connectivity index (χ2v) is 7.88. The number of carbonyl (C=O) groups excluding carboxylic acids is 2. The van der Waals surface area contributed by atoms with Crippen LogP contribution in [0.4, 0.5) is 4.79 Å². The number of aliphatic carboxylic acids is 1. The Labute approximate surface area is 186 Å². The molecule has 0 saturated heterocycles. The van der Waals surface area contributed by atoms with E-state index in [1.54, 1.807) is 6.92 Å². The monoisotopic (exact) mass is 440 g/mol. The first-order valence-corrected chi connectivity index (χ1v) is 10.6. The van der Waals surface area contributed by atoms with Gasteiger partial charge < -0.3 is 25.6 Å². The van der Waals surface area contributed by atoms with Crippen molar-refractivity contribution < 1.29 is 29.3 Å². The Morgan fingerprint density at radius 1 is 0.969 bits per heavy atom. The molecule has 0 aliphatic heterocycles. The molecule has 0 fully saturated rings. The Hall–Kier alpha value is -3.39. The van der Waals surface area contributed by atoms with E-state index in [4.69, 9.17) is 14.9 Å². The Kier molecular flexibility index (Phi) is 7.83. The van der Waals surface area contributed by atoms with Crippen LogP contribution in [0.15, 0.2) is 48.5 Å². The summed E-state index contributed by atoms with van der Waals surface area (Å²) in [6, 6.07) is 14.7. The Morgan fingerprint density at radius 3 is 2.12 bits per heavy atom. The zero-order chi connectivity index (χ0) is 23.1. The van der Waals surface area contributed by atoms with Crippen LogP contribution in [-0.4, -0.2) is 53.5 Å². The SMILES string of the molecule is CC(CCC(=O)N[C@@H](CCO)C(=O)O)NC(=O)OCC1c2ccccc2-c2ccccc21. The number of hydrogen-bond acceptors (Lipinski definition) is 5. The number of nitrogens with one attached hydrogen (secondary N) is 2. The summed E-state index contributed by atoms with van der Waals surface area (Å²) in [7, 11) is 0. The average molecular weight is 440 g/mol. The maximum absolute atomic E-state index is 12.3. The second kappa shape index (κ2) is 10.8. The van der Waals surface area contributed by atoms with Crippen LogP contribution in [-0.2, 0) is 14.3 Å². The smallest absolute Gasteiger partial charge is 0.407 e. The lowest BCUT2D eigenvalue weighted by atomic mass is 9.98. The number of aliphatic hydroxyl groups is 1. The van der Waals surface area contributed by atoms with E-state index in [0.717, 1.165) is 22.3 Å². The van der Waals surface area contributed by atoms with Gasteiger partial charge in [-0.1, -0.05) is 48.5 Å². The lowest BCUT2D eigenvalue weighted by Crippen LogP contribution is -2.42. The van der Waals surface area contributed by atoms with Gasteiger partial charge in [-0.25, -0.2) is 9.59 Å². The van der Waals surface area contributed by atoms with Crippen molar-refractivity contribution in [1.82, 2.24) is 10.6 Å². The number of alkyl carbamates (subject to hydrolysis) is 1. The fraction of sp³-hybridized carbons (Fsp3) is 0.375. The molecule has 0 bridgehead atoms. The highest BCUT2D eigenvalue weighted by Gasteiger charge is 2.29. The molecule has 1 aliphatic carbocycles. The fourth-order valence-corrected chi connectivity index (χ4v) is 3.91. The van der Waals surface area contributed by atoms with Crippen LogP contribution in [0.1, 0.15) is 43.2 Å². The number of carboxylic acid groups (broad SMARTS) is 1. The number of rotatable bonds is 10. The number of hydrogen-bond donors (Lipinski definition) is 4. The van der Waals surface area contributed by atoms with Gasteiger partial charge in [0.15, 0.2) is 0 Å². The van der Waals surface area contributed by atoms with E-state index in [1.807, 2.05) is 36.4 Å². The van der Waals surface area contributed by atoms with E-state index in [0.29, 0.717) is 6.42 Å². The number of aliphatic hydroxyl groups excluding tert-OH is 1. The summed E-state index contributed by atoms with van der Waals surface area (Å²) in [5.41, 5.74) is 4.55. The van der Waals surface area contributed by atoms with E-state index in [2.05, 4.69) is 22.8 Å². The van der Waals surface area contributed by atoms with Crippen molar-refractivity contribution >= 4 is 18.0 Å². The maximum Gasteiger partial charge on any atom is 0.407 e. The Balaban J connectivity index is 1.47. The van der Waals surface area contributed by atoms with Crippen molar-refractivity contribution in [1.29, 1.82) is 0 Å². The second-order valence-electron chi connectivity index (χ2n) is 7.88. The number of benzene rings is 2. The largest absolute Gasteiger partial charge is 0.480 e. The first-order chi connectivity index (χ1) is 15.4. The molecule has 2 atom stereocenters. The van der Waals surface area contributed by atoms with Crippen LogP contribution >= 0.6 is 0 Å². The predicted octanol–water partition coefficient (Wildman–Crippen LogP) is 2.65. The lowest BCUT2D eigenvalue weighted by molar-refractivity contribution is -0.142. The molecule has 8 heteroatoms. The van der Waals surface area contributed by atoms with Gasteiger partial charge in [-0.3, -0.25) is 4.79 Å². The minimum atomic E-state index is -1.20. The van der Waals surface area contributed by atoms with Crippen LogP contribution < -0.4 is 10.6 Å². The number of carboxylic acids is 1. The van der Waals surface area contributed by atoms with E-state index >= 15 is 0 Å². The molecule has 0 radical (unpaired) electrons. The first kappa shape index (κ1) is 23.3. The minimum absolute atomic E-state index is 0.0336. The zero-order valence-electron chi connectivity index (χ0n) is 17.9. The zero-order valence-corrected chi connectivity index (χ0v) is 17.9. The quantitative estimate of drug-likeness (QED) is 0.450. The summed E-state index contributed by atoms with van der Waals surface area (Å²) in [4.78, 5) is 35.3. The molecule has 0 aromatic heterocycles. The normalized spacial score (nSPS) is 14.1. The van der Waals surface area contributed by atoms with Crippen molar-refractivity contribution in [3.63, 3.8) is 0 Å². The van der Waals surface area contributed by atoms with Crippen LogP contribution in [0.3, 0.4) is 0 Å². The Bertz CT molecular complexity index is 931. The molecule has 3 rings (SSSR count). The number of fused-ring (bicyclic) bond motifs is 3. The van der Waals surface area contributed by atoms with E-state index in [9.17, 15) is 14.4 Å². The summed E-state index contributed by atoms with van der Waals surface area (Å²) < 4.78 is 5.49. The van der Waals surface area contributed by atoms with Crippen molar-refractivity contribution in [2.75, 3.05) is 13.2 Å². The van der Waals surface area contributed by atoms with Crippen molar-refractivity contribution in [3.05, 3.63) is 59.7 Å². The number of ether oxygens (including phenoxy) is 1. The summed E-state index contributed by atoms with van der Waals surface area (Å²) in [5, 5.41) is 23.0. The van der Waals surface area contributed by atoms with Crippen LogP contribution in [0.2, 0.25) is 0 Å². The standard InChI is InChI=1S/C24H28N2O6/c1-15(10-11-22(28)26-21(12-13-27)23(29)30)25-24(31)32-14-20-18-8-4-2-6-16(18)17-7-3-5-9-19(17)20/h2-9,15,20-21,27H,10-14H2,1H3,(H,25,31)(H,26,28)(H,29,30)/t15?,21-/m0/s1. The maximum atomic E-state index is 12.3. The van der Waals surface area contributed by atoms with Crippen molar-refractivity contribution in [3.8, 4) is 11.1 Å². The molecule has 1 aliphatic rings. The number of carbonyl (C=O) groups is 3. The van der Waals surface area contributed by atoms with E-state index in [-0.39, 0.29) is 38.0 Å². The Morgan fingerprint density at radius 2 is 1.56 bits per heavy atom. The van der Waals surface area contributed by atoms with E-state index in [1.165, 1.54) is 0 Å². The van der Waals surface area contributed by atoms with Gasteiger partial charge in [0.05, 0.1) is 0 Å². The molecule has 0 saturated carbocycles. The molecule has 2 aromatic rings. The fourth-order valence-electron chi connectivity index (χ4n) is 3.91. The highest BCUT2D eigenvalue weighted by Crippen LogP contribution is 2.44. The van der Waals surface area contributed by atoms with Crippen molar-refractivity contribution in [2.24, 2.45) is 0 Å². The van der Waals surface area contributed by atoms with Gasteiger partial charge in [-0.15, -0.1) is 0 Å². The molecule has 8 nitrogen and oxygen atoms in total. The summed E-state index contributed by atoms with van der Waals surface area (Å²) in [6.07, 6.45) is -0.265. The third-order valence-corrected chi connectivity index (χ3v) is 5.56. The van der Waals surface area contributed by atoms with E-state index < -0.39 is 24.0 Å². The molecule has 2 aromatic carbocycles. The average Bonchev–Trinajstić information content (AvgIpc) is 3.10.